The fourth-order valence-corrected chi connectivity index (χ4v) is 2.34. The normalized spacial score (nSPS) is 17.9. The molecular formula is C17H14F7NO3. The van der Waals surface area contributed by atoms with Crippen LogP contribution in [0.4, 0.5) is 41.2 Å². The van der Waals surface area contributed by atoms with E-state index >= 15 is 0 Å². The van der Waals surface area contributed by atoms with Gasteiger partial charge < -0.3 is 9.84 Å². The summed E-state index contributed by atoms with van der Waals surface area (Å²) in [5.74, 6) is 0.0471. The number of carbonyl (C=O) groups excluding carboxylic acids is 1. The Morgan fingerprint density at radius 1 is 1.11 bits per heavy atom. The molecule has 1 aliphatic carbocycles. The number of hydrogen-bond acceptors (Lipinski definition) is 3. The van der Waals surface area contributed by atoms with Gasteiger partial charge in [0.05, 0.1) is 0 Å². The third-order valence-electron chi connectivity index (χ3n) is 3.99. The lowest BCUT2D eigenvalue weighted by atomic mass is 9.92. The summed E-state index contributed by atoms with van der Waals surface area (Å²) in [6, 6.07) is 2.41. The van der Waals surface area contributed by atoms with Crippen molar-refractivity contribution in [3.8, 4) is 0 Å². The first-order valence-electron chi connectivity index (χ1n) is 7.71. The van der Waals surface area contributed by atoms with Crippen molar-refractivity contribution in [1.29, 1.82) is 0 Å². The quantitative estimate of drug-likeness (QED) is 0.728. The predicted octanol–water partition coefficient (Wildman–Crippen LogP) is 4.75. The Hall–Kier alpha value is -2.56. The van der Waals surface area contributed by atoms with Crippen molar-refractivity contribution in [1.82, 2.24) is 0 Å². The summed E-state index contributed by atoms with van der Waals surface area (Å²) in [6.07, 6.45) is -10.5. The molecule has 1 atom stereocenters. The highest BCUT2D eigenvalue weighted by atomic mass is 19.4. The Labute approximate surface area is 154 Å². The first kappa shape index (κ1) is 21.7. The largest absolute Gasteiger partial charge is 0.430 e. The number of nitrogens with zero attached hydrogens (tertiary/aromatic N) is 1. The number of anilines is 1. The molecule has 1 amide bonds. The molecule has 0 bridgehead atoms. The van der Waals surface area contributed by atoms with Gasteiger partial charge in [0.15, 0.2) is 0 Å². The monoisotopic (exact) mass is 413 g/mol. The second-order valence-corrected chi connectivity index (χ2v) is 5.90. The summed E-state index contributed by atoms with van der Waals surface area (Å²) < 4.78 is 95.1. The van der Waals surface area contributed by atoms with E-state index in [0.717, 1.165) is 23.1 Å². The SMILES string of the molecule is CN(C(=O)OC1=CCC(F)C=C1)c1ccc(C(O)(C(F)(F)F)C(F)(F)F)cc1. The number of halogens is 7. The second kappa shape index (κ2) is 7.46. The van der Waals surface area contributed by atoms with Crippen LogP contribution in [0.15, 0.2) is 48.3 Å². The number of hydrogen-bond donors (Lipinski definition) is 1. The van der Waals surface area contributed by atoms with Gasteiger partial charge in [-0.3, -0.25) is 4.90 Å². The molecule has 28 heavy (non-hydrogen) atoms. The topological polar surface area (TPSA) is 49.8 Å². The molecule has 1 unspecified atom stereocenters. The average molecular weight is 413 g/mol. The van der Waals surface area contributed by atoms with Gasteiger partial charge in [-0.05, 0) is 30.4 Å². The lowest BCUT2D eigenvalue weighted by molar-refractivity contribution is -0.376. The van der Waals surface area contributed by atoms with Crippen LogP contribution in [0.25, 0.3) is 0 Å². The molecular weight excluding hydrogens is 399 g/mol. The molecule has 154 valence electrons. The molecule has 2 rings (SSSR count). The number of amides is 1. The molecule has 0 aromatic heterocycles. The van der Waals surface area contributed by atoms with Crippen molar-refractivity contribution in [2.45, 2.75) is 30.5 Å². The summed E-state index contributed by atoms with van der Waals surface area (Å²) in [4.78, 5) is 12.8. The van der Waals surface area contributed by atoms with E-state index in [-0.39, 0.29) is 17.9 Å². The molecule has 0 spiro atoms. The van der Waals surface area contributed by atoms with Crippen LogP contribution < -0.4 is 4.90 Å². The zero-order valence-corrected chi connectivity index (χ0v) is 14.2. The maximum atomic E-state index is 13.0. The first-order valence-corrected chi connectivity index (χ1v) is 7.71. The van der Waals surface area contributed by atoms with Crippen LogP contribution >= 0.6 is 0 Å². The molecule has 1 aromatic carbocycles. The van der Waals surface area contributed by atoms with Crippen molar-refractivity contribution >= 4 is 11.8 Å². The van der Waals surface area contributed by atoms with Crippen LogP contribution in [0.1, 0.15) is 12.0 Å². The zero-order chi connectivity index (χ0) is 21.3. The minimum Gasteiger partial charge on any atom is -0.410 e. The Morgan fingerprint density at radius 2 is 1.64 bits per heavy atom. The number of alkyl halides is 7. The van der Waals surface area contributed by atoms with Gasteiger partial charge in [0.1, 0.15) is 11.9 Å². The molecule has 0 radical (unpaired) electrons. The summed E-state index contributed by atoms with van der Waals surface area (Å²) in [5, 5.41) is 9.33. The van der Waals surface area contributed by atoms with Crippen LogP contribution in [-0.4, -0.2) is 36.8 Å². The van der Waals surface area contributed by atoms with Crippen molar-refractivity contribution in [2.24, 2.45) is 0 Å². The van der Waals surface area contributed by atoms with E-state index in [2.05, 4.69) is 0 Å². The van der Waals surface area contributed by atoms with Crippen LogP contribution in [0.3, 0.4) is 0 Å². The fourth-order valence-electron chi connectivity index (χ4n) is 2.34. The van der Waals surface area contributed by atoms with Crippen molar-refractivity contribution in [3.63, 3.8) is 0 Å². The Morgan fingerprint density at radius 3 is 2.07 bits per heavy atom. The number of ether oxygens (including phenoxy) is 1. The van der Waals surface area contributed by atoms with Crippen molar-refractivity contribution < 1.29 is 45.4 Å². The van der Waals surface area contributed by atoms with Gasteiger partial charge in [-0.2, -0.15) is 26.3 Å². The third-order valence-corrected chi connectivity index (χ3v) is 3.99. The van der Waals surface area contributed by atoms with Gasteiger partial charge in [-0.25, -0.2) is 9.18 Å². The van der Waals surface area contributed by atoms with E-state index in [0.29, 0.717) is 12.1 Å². The highest BCUT2D eigenvalue weighted by Gasteiger charge is 2.71. The van der Waals surface area contributed by atoms with Crippen LogP contribution in [0.5, 0.6) is 0 Å². The van der Waals surface area contributed by atoms with Gasteiger partial charge in [0.2, 0.25) is 0 Å². The number of rotatable bonds is 3. The number of benzene rings is 1. The molecule has 0 fully saturated rings. The van der Waals surface area contributed by atoms with Crippen LogP contribution in [-0.2, 0) is 10.3 Å². The molecule has 1 aliphatic rings. The van der Waals surface area contributed by atoms with Crippen LogP contribution in [0, 0.1) is 0 Å². The molecule has 0 saturated carbocycles. The van der Waals surface area contributed by atoms with Gasteiger partial charge in [0, 0.05) is 24.7 Å². The van der Waals surface area contributed by atoms with Crippen LogP contribution in [0.2, 0.25) is 0 Å². The molecule has 1 N–H and O–H groups in total. The van der Waals surface area contributed by atoms with E-state index < -0.39 is 35.8 Å². The van der Waals surface area contributed by atoms with Gasteiger partial charge in [-0.15, -0.1) is 0 Å². The number of aliphatic hydroxyl groups is 1. The Balaban J connectivity index is 2.21. The summed E-state index contributed by atoms with van der Waals surface area (Å²) in [6.45, 7) is 0. The maximum absolute atomic E-state index is 13.0. The number of allylic oxidation sites excluding steroid dienone is 3. The second-order valence-electron chi connectivity index (χ2n) is 5.90. The van der Waals surface area contributed by atoms with Gasteiger partial charge in [-0.1, -0.05) is 12.1 Å². The smallest absolute Gasteiger partial charge is 0.410 e. The highest BCUT2D eigenvalue weighted by molar-refractivity contribution is 5.87. The number of carbonyl (C=O) groups is 1. The standard InChI is InChI=1S/C17H14F7NO3/c1-25(14(26)28-13-8-4-11(18)5-9-13)12-6-2-10(3-7-12)15(27,16(19,20)21)17(22,23)24/h2-4,6-9,11,27H,5H2,1H3. The molecule has 11 heteroatoms. The molecule has 4 nitrogen and oxygen atoms in total. The van der Waals surface area contributed by atoms with E-state index in [1.165, 1.54) is 19.2 Å². The van der Waals surface area contributed by atoms with Gasteiger partial charge >= 0.3 is 18.4 Å². The lowest BCUT2D eigenvalue weighted by Gasteiger charge is -2.32. The minimum atomic E-state index is -6.01. The Bertz CT molecular complexity index is 767. The molecule has 0 saturated heterocycles. The van der Waals surface area contributed by atoms with E-state index in [1.807, 2.05) is 0 Å². The van der Waals surface area contributed by atoms with E-state index in [1.54, 1.807) is 0 Å². The summed E-state index contributed by atoms with van der Waals surface area (Å²) in [7, 11) is 1.17. The lowest BCUT2D eigenvalue weighted by Crippen LogP contribution is -2.53. The maximum Gasteiger partial charge on any atom is 0.430 e. The minimum absolute atomic E-state index is 0.00894. The summed E-state index contributed by atoms with van der Waals surface area (Å²) in [5.41, 5.74) is -6.60. The zero-order valence-electron chi connectivity index (χ0n) is 14.2. The summed E-state index contributed by atoms with van der Waals surface area (Å²) >= 11 is 0. The van der Waals surface area contributed by atoms with E-state index in [4.69, 9.17) is 4.74 Å². The first-order chi connectivity index (χ1) is 12.8. The Kier molecular flexibility index (Phi) is 5.79. The molecule has 0 heterocycles. The van der Waals surface area contributed by atoms with Crippen molar-refractivity contribution in [3.05, 3.63) is 53.8 Å². The van der Waals surface area contributed by atoms with Gasteiger partial charge in [0.25, 0.3) is 5.60 Å². The van der Waals surface area contributed by atoms with E-state index in [9.17, 15) is 40.6 Å². The molecule has 1 aromatic rings. The predicted molar refractivity (Wildman–Crippen MR) is 84.1 cm³/mol. The highest BCUT2D eigenvalue weighted by Crippen LogP contribution is 2.50. The molecule has 0 aliphatic heterocycles. The fraction of sp³-hybridized carbons (Fsp3) is 0.353. The third kappa shape index (κ3) is 4.13. The average Bonchev–Trinajstić information content (AvgIpc) is 2.60. The van der Waals surface area contributed by atoms with Crippen molar-refractivity contribution in [2.75, 3.05) is 11.9 Å².